The second-order valence-electron chi connectivity index (χ2n) is 2.29. The van der Waals surface area contributed by atoms with Crippen molar-refractivity contribution in [3.05, 3.63) is 35.9 Å². The van der Waals surface area contributed by atoms with E-state index < -0.39 is 5.97 Å². The van der Waals surface area contributed by atoms with Crippen LogP contribution in [0.3, 0.4) is 0 Å². The van der Waals surface area contributed by atoms with Crippen LogP contribution in [0.25, 0.3) is 6.08 Å². The molecule has 0 aliphatic rings. The molecule has 0 bridgehead atoms. The molecule has 0 amide bonds. The van der Waals surface area contributed by atoms with Crippen LogP contribution in [0.1, 0.15) is 5.56 Å². The van der Waals surface area contributed by atoms with E-state index in [9.17, 15) is 4.79 Å². The topological polar surface area (TPSA) is 37.3 Å². The fraction of sp³-hybridized carbons (Fsp3) is 0. The molecule has 0 saturated heterocycles. The molecule has 0 aliphatic carbocycles. The standard InChI is InChI=1S/C9H7GeO2/c10-8-4-1-7(2-5-8)3-6-9(11)12/h1-6H,(H,11,12). The zero-order valence-corrected chi connectivity index (χ0v) is 8.42. The van der Waals surface area contributed by atoms with E-state index in [1.54, 1.807) is 6.08 Å². The summed E-state index contributed by atoms with van der Waals surface area (Å²) in [6, 6.07) is 7.66. The fourth-order valence-corrected chi connectivity index (χ4v) is 1.11. The van der Waals surface area contributed by atoms with Crippen LogP contribution in [0.5, 0.6) is 0 Å². The Balaban J connectivity index is 2.77. The number of hydrogen-bond donors (Lipinski definition) is 1. The van der Waals surface area contributed by atoms with Crippen molar-refractivity contribution in [1.82, 2.24) is 0 Å². The van der Waals surface area contributed by atoms with E-state index >= 15 is 0 Å². The molecule has 2 nitrogen and oxygen atoms in total. The maximum absolute atomic E-state index is 10.2. The molecule has 0 unspecified atom stereocenters. The van der Waals surface area contributed by atoms with Gasteiger partial charge in [0.25, 0.3) is 0 Å². The monoisotopic (exact) mass is 221 g/mol. The van der Waals surface area contributed by atoms with Crippen molar-refractivity contribution in [3.63, 3.8) is 0 Å². The van der Waals surface area contributed by atoms with Crippen LogP contribution in [-0.4, -0.2) is 27.6 Å². The van der Waals surface area contributed by atoms with Crippen molar-refractivity contribution in [1.29, 1.82) is 0 Å². The van der Waals surface area contributed by atoms with Crippen molar-refractivity contribution in [2.24, 2.45) is 0 Å². The Morgan fingerprint density at radius 1 is 1.33 bits per heavy atom. The molecule has 12 heavy (non-hydrogen) atoms. The summed E-state index contributed by atoms with van der Waals surface area (Å²) in [7, 11) is 0. The molecule has 3 radical (unpaired) electrons. The third-order valence-corrected chi connectivity index (χ3v) is 2.03. The first-order valence-electron chi connectivity index (χ1n) is 3.41. The van der Waals surface area contributed by atoms with Crippen LogP contribution >= 0.6 is 0 Å². The van der Waals surface area contributed by atoms with Crippen LogP contribution in [-0.2, 0) is 4.79 Å². The number of aliphatic carboxylic acids is 1. The first kappa shape index (κ1) is 9.06. The van der Waals surface area contributed by atoms with E-state index in [0.717, 1.165) is 11.6 Å². The number of hydrogen-bond acceptors (Lipinski definition) is 1. The summed E-state index contributed by atoms with van der Waals surface area (Å²) < 4.78 is 1.17. The Hall–Kier alpha value is -1.03. The van der Waals surface area contributed by atoms with Gasteiger partial charge in [-0.05, 0) is 0 Å². The van der Waals surface area contributed by atoms with E-state index in [1.807, 2.05) is 40.8 Å². The molecule has 0 saturated carbocycles. The Kier molecular flexibility index (Phi) is 3.11. The maximum atomic E-state index is 10.2. The minimum absolute atomic E-state index is 0.906. The van der Waals surface area contributed by atoms with Crippen molar-refractivity contribution in [3.8, 4) is 0 Å². The Bertz CT molecular complexity index is 301. The minimum atomic E-state index is -0.921. The van der Waals surface area contributed by atoms with Crippen LogP contribution < -0.4 is 4.40 Å². The van der Waals surface area contributed by atoms with Gasteiger partial charge in [-0.3, -0.25) is 0 Å². The van der Waals surface area contributed by atoms with E-state index in [2.05, 4.69) is 0 Å². The number of rotatable bonds is 2. The predicted molar refractivity (Wildman–Crippen MR) is 48.5 cm³/mol. The van der Waals surface area contributed by atoms with Gasteiger partial charge in [0.05, 0.1) is 0 Å². The van der Waals surface area contributed by atoms with Gasteiger partial charge in [-0.25, -0.2) is 0 Å². The Labute approximate surface area is 79.1 Å². The molecule has 3 heteroatoms. The molecule has 1 N–H and O–H groups in total. The van der Waals surface area contributed by atoms with E-state index in [-0.39, 0.29) is 0 Å². The van der Waals surface area contributed by atoms with Crippen molar-refractivity contribution >= 4 is 33.0 Å². The number of carboxylic acid groups (broad SMARTS) is 1. The molecule has 0 aliphatic heterocycles. The zero-order chi connectivity index (χ0) is 8.97. The van der Waals surface area contributed by atoms with Crippen LogP contribution in [0.15, 0.2) is 30.3 Å². The number of benzene rings is 1. The van der Waals surface area contributed by atoms with Crippen LogP contribution in [0, 0.1) is 0 Å². The van der Waals surface area contributed by atoms with Gasteiger partial charge in [-0.15, -0.1) is 0 Å². The van der Waals surface area contributed by atoms with Crippen molar-refractivity contribution < 1.29 is 9.90 Å². The van der Waals surface area contributed by atoms with Crippen LogP contribution in [0.2, 0.25) is 0 Å². The van der Waals surface area contributed by atoms with Crippen molar-refractivity contribution in [2.45, 2.75) is 0 Å². The molecule has 1 aromatic rings. The van der Waals surface area contributed by atoms with Gasteiger partial charge < -0.3 is 0 Å². The van der Waals surface area contributed by atoms with E-state index in [0.29, 0.717) is 0 Å². The average molecular weight is 220 g/mol. The normalized spacial score (nSPS) is 10.4. The second kappa shape index (κ2) is 4.11. The fourth-order valence-electron chi connectivity index (χ4n) is 0.762. The van der Waals surface area contributed by atoms with Gasteiger partial charge in [-0.1, -0.05) is 0 Å². The molecule has 0 aromatic heterocycles. The Morgan fingerprint density at radius 2 is 1.92 bits per heavy atom. The second-order valence-corrected chi connectivity index (χ2v) is 3.50. The van der Waals surface area contributed by atoms with Gasteiger partial charge in [0, 0.05) is 0 Å². The van der Waals surface area contributed by atoms with Gasteiger partial charge in [0.15, 0.2) is 0 Å². The molecule has 1 rings (SSSR count). The number of carboxylic acids is 1. The SMILES string of the molecule is O=C(O)C=Cc1cc[c]([Ge])cc1. The average Bonchev–Trinajstić information content (AvgIpc) is 2.03. The summed E-state index contributed by atoms with van der Waals surface area (Å²) in [5.41, 5.74) is 0.906. The predicted octanol–water partition coefficient (Wildman–Crippen LogP) is 0.578. The van der Waals surface area contributed by atoms with Crippen molar-refractivity contribution in [2.75, 3.05) is 0 Å². The van der Waals surface area contributed by atoms with Crippen LogP contribution in [0.4, 0.5) is 0 Å². The molecular weight excluding hydrogens is 213 g/mol. The summed E-state index contributed by atoms with van der Waals surface area (Å²) in [4.78, 5) is 10.2. The summed E-state index contributed by atoms with van der Waals surface area (Å²) in [5.74, 6) is -0.921. The zero-order valence-electron chi connectivity index (χ0n) is 6.32. The summed E-state index contributed by atoms with van der Waals surface area (Å²) >= 11 is 1.99. The number of carbonyl (C=O) groups is 1. The molecule has 59 valence electrons. The Morgan fingerprint density at radius 3 is 2.42 bits per heavy atom. The molecule has 0 heterocycles. The summed E-state index contributed by atoms with van der Waals surface area (Å²) in [5, 5.41) is 8.34. The van der Waals surface area contributed by atoms with Gasteiger partial charge in [0.2, 0.25) is 0 Å². The van der Waals surface area contributed by atoms with Gasteiger partial charge in [-0.2, -0.15) is 0 Å². The van der Waals surface area contributed by atoms with E-state index in [1.165, 1.54) is 4.40 Å². The molecule has 0 fully saturated rings. The molecule has 0 atom stereocenters. The first-order chi connectivity index (χ1) is 5.68. The first-order valence-corrected chi connectivity index (χ1v) is 4.46. The van der Waals surface area contributed by atoms with Gasteiger partial charge >= 0.3 is 78.8 Å². The summed E-state index contributed by atoms with van der Waals surface area (Å²) in [6.45, 7) is 0. The summed E-state index contributed by atoms with van der Waals surface area (Å²) in [6.07, 6.45) is 2.70. The molecule has 1 aromatic carbocycles. The third kappa shape index (κ3) is 2.92. The molecule has 0 spiro atoms. The van der Waals surface area contributed by atoms with E-state index in [4.69, 9.17) is 5.11 Å². The molecular formula is C9H7GeO2. The third-order valence-electron chi connectivity index (χ3n) is 1.33. The quantitative estimate of drug-likeness (QED) is 0.584. The van der Waals surface area contributed by atoms with Gasteiger partial charge in [0.1, 0.15) is 0 Å².